The van der Waals surface area contributed by atoms with E-state index in [-0.39, 0.29) is 12.1 Å². The van der Waals surface area contributed by atoms with E-state index in [1.54, 1.807) is 4.90 Å². The number of fused-ring (bicyclic) bond motifs is 1. The summed E-state index contributed by atoms with van der Waals surface area (Å²) in [7, 11) is 1.41. The zero-order valence-electron chi connectivity index (χ0n) is 11.4. The number of methoxy groups -OCH3 is 1. The van der Waals surface area contributed by atoms with Crippen molar-refractivity contribution in [3.8, 4) is 0 Å². The first-order valence-corrected chi connectivity index (χ1v) is 6.36. The van der Waals surface area contributed by atoms with Gasteiger partial charge in [-0.3, -0.25) is 4.79 Å². The van der Waals surface area contributed by atoms with Gasteiger partial charge in [0.15, 0.2) is 0 Å². The summed E-state index contributed by atoms with van der Waals surface area (Å²) >= 11 is 0. The maximum Gasteiger partial charge on any atom is 0.410 e. The highest BCUT2D eigenvalue weighted by molar-refractivity contribution is 5.71. The molecule has 1 heterocycles. The molecule has 0 unspecified atom stereocenters. The summed E-state index contributed by atoms with van der Waals surface area (Å²) in [6.45, 7) is 7.01. The molecule has 0 N–H and O–H groups in total. The second kappa shape index (κ2) is 4.44. The van der Waals surface area contributed by atoms with Crippen LogP contribution < -0.4 is 0 Å². The number of ether oxygens (including phenoxy) is 2. The zero-order chi connectivity index (χ0) is 13.5. The molecule has 1 aliphatic carbocycles. The van der Waals surface area contributed by atoms with Crippen LogP contribution in [0.5, 0.6) is 0 Å². The molecule has 2 aliphatic rings. The van der Waals surface area contributed by atoms with Gasteiger partial charge < -0.3 is 14.4 Å². The molecule has 1 aliphatic heterocycles. The van der Waals surface area contributed by atoms with Crippen LogP contribution >= 0.6 is 0 Å². The summed E-state index contributed by atoms with van der Waals surface area (Å²) < 4.78 is 9.99. The highest BCUT2D eigenvalue weighted by Crippen LogP contribution is 2.53. The molecule has 1 saturated carbocycles. The van der Waals surface area contributed by atoms with E-state index in [4.69, 9.17) is 4.74 Å². The molecule has 5 heteroatoms. The maximum atomic E-state index is 11.8. The van der Waals surface area contributed by atoms with Crippen molar-refractivity contribution in [2.45, 2.75) is 32.8 Å². The fraction of sp³-hybridized carbons (Fsp3) is 0.846. The molecule has 3 atom stereocenters. The molecule has 5 nitrogen and oxygen atoms in total. The van der Waals surface area contributed by atoms with Crippen LogP contribution in [0.25, 0.3) is 0 Å². The number of likely N-dealkylation sites (tertiary alicyclic amines) is 1. The van der Waals surface area contributed by atoms with Gasteiger partial charge in [-0.1, -0.05) is 0 Å². The van der Waals surface area contributed by atoms with Crippen LogP contribution in [0.15, 0.2) is 0 Å². The van der Waals surface area contributed by atoms with Crippen molar-refractivity contribution < 1.29 is 19.1 Å². The second-order valence-electron chi connectivity index (χ2n) is 6.16. The van der Waals surface area contributed by atoms with E-state index in [1.807, 2.05) is 20.8 Å². The Morgan fingerprint density at radius 2 is 1.78 bits per heavy atom. The van der Waals surface area contributed by atoms with Gasteiger partial charge in [-0.25, -0.2) is 4.79 Å². The first-order valence-electron chi connectivity index (χ1n) is 6.36. The van der Waals surface area contributed by atoms with Gasteiger partial charge in [-0.2, -0.15) is 0 Å². The Balaban J connectivity index is 1.77. The highest BCUT2D eigenvalue weighted by Gasteiger charge is 2.57. The van der Waals surface area contributed by atoms with Crippen LogP contribution in [0.3, 0.4) is 0 Å². The largest absolute Gasteiger partial charge is 0.469 e. The molecule has 0 aromatic heterocycles. The fourth-order valence-corrected chi connectivity index (χ4v) is 2.70. The third-order valence-electron chi connectivity index (χ3n) is 3.65. The van der Waals surface area contributed by atoms with E-state index in [0.29, 0.717) is 37.3 Å². The third kappa shape index (κ3) is 2.76. The highest BCUT2D eigenvalue weighted by atomic mass is 16.6. The van der Waals surface area contributed by atoms with Crippen molar-refractivity contribution in [2.24, 2.45) is 17.8 Å². The Hall–Kier alpha value is -1.26. The van der Waals surface area contributed by atoms with E-state index >= 15 is 0 Å². The van der Waals surface area contributed by atoms with E-state index < -0.39 is 5.60 Å². The molecule has 0 radical (unpaired) electrons. The summed E-state index contributed by atoms with van der Waals surface area (Å²) in [6.07, 6.45) is 0.236. The predicted octanol–water partition coefficient (Wildman–Crippen LogP) is 1.66. The molecule has 0 spiro atoms. The lowest BCUT2D eigenvalue weighted by Gasteiger charge is -2.25. The van der Waals surface area contributed by atoms with Crippen molar-refractivity contribution in [3.05, 3.63) is 0 Å². The van der Waals surface area contributed by atoms with Crippen LogP contribution in [0.4, 0.5) is 4.79 Å². The van der Waals surface area contributed by atoms with Crippen LogP contribution in [0.2, 0.25) is 0 Å². The van der Waals surface area contributed by atoms with Gasteiger partial charge in [0.2, 0.25) is 0 Å². The van der Waals surface area contributed by atoms with Gasteiger partial charge in [0, 0.05) is 19.5 Å². The lowest BCUT2D eigenvalue weighted by molar-refractivity contribution is -0.141. The van der Waals surface area contributed by atoms with Crippen molar-refractivity contribution in [2.75, 3.05) is 20.2 Å². The number of piperidine rings is 1. The van der Waals surface area contributed by atoms with Gasteiger partial charge in [0.25, 0.3) is 0 Å². The smallest absolute Gasteiger partial charge is 0.410 e. The van der Waals surface area contributed by atoms with E-state index in [1.165, 1.54) is 7.11 Å². The van der Waals surface area contributed by atoms with Gasteiger partial charge in [-0.15, -0.1) is 0 Å². The molecule has 1 amide bonds. The molecule has 102 valence electrons. The minimum atomic E-state index is -0.449. The summed E-state index contributed by atoms with van der Waals surface area (Å²) in [5.41, 5.74) is -0.449. The van der Waals surface area contributed by atoms with Crippen LogP contribution in [-0.4, -0.2) is 42.8 Å². The Labute approximate surface area is 107 Å². The number of hydrogen-bond donors (Lipinski definition) is 0. The van der Waals surface area contributed by atoms with E-state index in [0.717, 1.165) is 0 Å². The number of carbonyl (C=O) groups is 2. The molecule has 0 aromatic rings. The van der Waals surface area contributed by atoms with Gasteiger partial charge in [0.1, 0.15) is 5.60 Å². The number of nitrogens with zero attached hydrogens (tertiary/aromatic N) is 1. The molecular formula is C13H21NO4. The van der Waals surface area contributed by atoms with Crippen LogP contribution in [0.1, 0.15) is 27.2 Å². The van der Waals surface area contributed by atoms with Crippen LogP contribution in [-0.2, 0) is 14.3 Å². The minimum Gasteiger partial charge on any atom is -0.469 e. The zero-order valence-corrected chi connectivity index (χ0v) is 11.4. The Bertz CT molecular complexity index is 348. The molecule has 18 heavy (non-hydrogen) atoms. The average Bonchev–Trinajstić information content (AvgIpc) is 2.73. The van der Waals surface area contributed by atoms with Crippen molar-refractivity contribution in [1.82, 2.24) is 4.90 Å². The summed E-state index contributed by atoms with van der Waals surface area (Å²) in [5.74, 6) is 1.16. The summed E-state index contributed by atoms with van der Waals surface area (Å²) in [6, 6.07) is 0. The fourth-order valence-electron chi connectivity index (χ4n) is 2.70. The average molecular weight is 255 g/mol. The standard InChI is InChI=1S/C13H21NO4/c1-13(2,3)18-12(16)14-6-9-8(10(9)7-14)5-11(15)17-4/h8-10H,5-7H2,1-4H3/t8-,9-,10+. The molecule has 2 fully saturated rings. The molecule has 0 aromatic carbocycles. The summed E-state index contributed by atoms with van der Waals surface area (Å²) in [5, 5.41) is 0. The minimum absolute atomic E-state index is 0.154. The lowest BCUT2D eigenvalue weighted by atomic mass is 10.2. The van der Waals surface area contributed by atoms with Crippen molar-refractivity contribution in [1.29, 1.82) is 0 Å². The Morgan fingerprint density at radius 3 is 2.22 bits per heavy atom. The number of rotatable bonds is 2. The monoisotopic (exact) mass is 255 g/mol. The van der Waals surface area contributed by atoms with Crippen molar-refractivity contribution >= 4 is 12.1 Å². The van der Waals surface area contributed by atoms with Gasteiger partial charge in [-0.05, 0) is 38.5 Å². The molecule has 2 rings (SSSR count). The second-order valence-corrected chi connectivity index (χ2v) is 6.16. The molecular weight excluding hydrogens is 234 g/mol. The van der Waals surface area contributed by atoms with Crippen LogP contribution in [0, 0.1) is 17.8 Å². The first kappa shape index (κ1) is 13.2. The van der Waals surface area contributed by atoms with Gasteiger partial charge in [0.05, 0.1) is 7.11 Å². The first-order chi connectivity index (χ1) is 8.31. The summed E-state index contributed by atoms with van der Waals surface area (Å²) in [4.78, 5) is 24.7. The Morgan fingerprint density at radius 1 is 1.22 bits per heavy atom. The third-order valence-corrected chi connectivity index (χ3v) is 3.65. The van der Waals surface area contributed by atoms with Crippen molar-refractivity contribution in [3.63, 3.8) is 0 Å². The normalized spacial score (nSPS) is 29.8. The molecule has 0 bridgehead atoms. The quantitative estimate of drug-likeness (QED) is 0.704. The number of hydrogen-bond acceptors (Lipinski definition) is 4. The molecule has 1 saturated heterocycles. The van der Waals surface area contributed by atoms with E-state index in [9.17, 15) is 9.59 Å². The number of carbonyl (C=O) groups excluding carboxylic acids is 2. The number of esters is 1. The van der Waals surface area contributed by atoms with E-state index in [2.05, 4.69) is 4.74 Å². The predicted molar refractivity (Wildman–Crippen MR) is 64.9 cm³/mol. The lowest BCUT2D eigenvalue weighted by Crippen LogP contribution is -2.37. The topological polar surface area (TPSA) is 55.8 Å². The van der Waals surface area contributed by atoms with Gasteiger partial charge >= 0.3 is 12.1 Å². The maximum absolute atomic E-state index is 11.8. The number of amides is 1. The Kier molecular flexibility index (Phi) is 3.25. The SMILES string of the molecule is COC(=O)C[C@@H]1[C@H]2CN(C(=O)OC(C)(C)C)C[C@@H]12.